The second kappa shape index (κ2) is 9.91. The summed E-state index contributed by atoms with van der Waals surface area (Å²) in [6, 6.07) is 14.4. The Morgan fingerprint density at radius 2 is 1.77 bits per heavy atom. The van der Waals surface area contributed by atoms with Crippen molar-refractivity contribution in [1.82, 2.24) is 10.6 Å². The van der Waals surface area contributed by atoms with E-state index in [1.54, 1.807) is 43.5 Å². The van der Waals surface area contributed by atoms with E-state index in [1.165, 1.54) is 18.2 Å². The highest BCUT2D eigenvalue weighted by atomic mass is 32.2. The maximum Gasteiger partial charge on any atom is 0.261 e. The first-order valence-electron chi connectivity index (χ1n) is 8.19. The second-order valence-corrected chi connectivity index (χ2v) is 7.18. The van der Waals surface area contributed by atoms with E-state index in [4.69, 9.17) is 4.74 Å². The minimum atomic E-state index is -3.69. The number of benzene rings is 2. The summed E-state index contributed by atoms with van der Waals surface area (Å²) in [5.41, 5.74) is 0.717. The summed E-state index contributed by atoms with van der Waals surface area (Å²) in [4.78, 5) is 12.3. The van der Waals surface area contributed by atoms with E-state index in [9.17, 15) is 13.2 Å². The molecule has 26 heavy (non-hydrogen) atoms. The lowest BCUT2D eigenvalue weighted by atomic mass is 10.2. The summed E-state index contributed by atoms with van der Waals surface area (Å²) >= 11 is 0. The van der Waals surface area contributed by atoms with Crippen molar-refractivity contribution in [2.24, 2.45) is 0 Å². The zero-order chi connectivity index (χ0) is 18.8. The summed E-state index contributed by atoms with van der Waals surface area (Å²) in [5.74, 6) is -0.265. The Morgan fingerprint density at radius 1 is 1.00 bits per heavy atom. The van der Waals surface area contributed by atoms with Gasteiger partial charge >= 0.3 is 0 Å². The first-order valence-corrected chi connectivity index (χ1v) is 9.67. The van der Waals surface area contributed by atoms with Crippen LogP contribution in [0, 0.1) is 0 Å². The lowest BCUT2D eigenvalue weighted by Gasteiger charge is -2.10. The molecule has 2 aromatic carbocycles. The number of amides is 1. The molecule has 0 heterocycles. The molecule has 2 rings (SSSR count). The van der Waals surface area contributed by atoms with Gasteiger partial charge in [0.2, 0.25) is 0 Å². The molecule has 0 aromatic heterocycles. The topological polar surface area (TPSA) is 96.5 Å². The number of methoxy groups -OCH3 is 1. The Labute approximate surface area is 153 Å². The summed E-state index contributed by atoms with van der Waals surface area (Å²) in [5, 5.41) is 5.90. The van der Waals surface area contributed by atoms with Crippen molar-refractivity contribution < 1.29 is 17.9 Å². The molecule has 2 aromatic rings. The van der Waals surface area contributed by atoms with Crippen LogP contribution in [-0.4, -0.2) is 47.7 Å². The summed E-state index contributed by atoms with van der Waals surface area (Å²) in [6.07, 6.45) is 0. The van der Waals surface area contributed by atoms with Crippen LogP contribution in [0.25, 0.3) is 0 Å². The van der Waals surface area contributed by atoms with Crippen LogP contribution < -0.4 is 15.4 Å². The van der Waals surface area contributed by atoms with Gasteiger partial charge in [-0.15, -0.1) is 0 Å². The van der Waals surface area contributed by atoms with Gasteiger partial charge in [-0.2, -0.15) is 0 Å². The van der Waals surface area contributed by atoms with Crippen LogP contribution in [0.5, 0.6) is 0 Å². The maximum atomic E-state index is 12.3. The number of carbonyl (C=O) groups is 1. The molecule has 0 unspecified atom stereocenters. The van der Waals surface area contributed by atoms with E-state index < -0.39 is 10.0 Å². The number of anilines is 1. The molecule has 0 fully saturated rings. The fraction of sp³-hybridized carbons (Fsp3) is 0.278. The first-order chi connectivity index (χ1) is 12.5. The minimum absolute atomic E-state index is 0.164. The third kappa shape index (κ3) is 6.14. The zero-order valence-electron chi connectivity index (χ0n) is 14.6. The van der Waals surface area contributed by atoms with Crippen LogP contribution in [-0.2, 0) is 14.8 Å². The van der Waals surface area contributed by atoms with E-state index >= 15 is 0 Å². The van der Waals surface area contributed by atoms with Gasteiger partial charge in [0.15, 0.2) is 0 Å². The molecule has 0 saturated heterocycles. The zero-order valence-corrected chi connectivity index (χ0v) is 15.4. The molecule has 0 spiro atoms. The van der Waals surface area contributed by atoms with Crippen molar-refractivity contribution in [3.8, 4) is 0 Å². The molecule has 140 valence electrons. The molecule has 0 saturated carbocycles. The Balaban J connectivity index is 1.94. The van der Waals surface area contributed by atoms with Gasteiger partial charge in [-0.25, -0.2) is 8.42 Å². The number of nitrogens with one attached hydrogen (secondary N) is 3. The molecule has 0 radical (unpaired) electrons. The van der Waals surface area contributed by atoms with Gasteiger partial charge in [0, 0.05) is 38.0 Å². The van der Waals surface area contributed by atoms with Gasteiger partial charge in [-0.1, -0.05) is 24.3 Å². The fourth-order valence-electron chi connectivity index (χ4n) is 2.20. The van der Waals surface area contributed by atoms with E-state index in [0.29, 0.717) is 37.5 Å². The van der Waals surface area contributed by atoms with Gasteiger partial charge in [0.1, 0.15) is 0 Å². The molecular weight excluding hydrogens is 354 g/mol. The highest BCUT2D eigenvalue weighted by Crippen LogP contribution is 2.17. The summed E-state index contributed by atoms with van der Waals surface area (Å²) < 4.78 is 32.1. The van der Waals surface area contributed by atoms with Crippen LogP contribution in [0.1, 0.15) is 10.4 Å². The van der Waals surface area contributed by atoms with E-state index in [2.05, 4.69) is 15.4 Å². The fourth-order valence-corrected chi connectivity index (χ4v) is 3.27. The predicted octanol–water partition coefficient (Wildman–Crippen LogP) is 1.45. The third-order valence-corrected chi connectivity index (χ3v) is 4.90. The number of rotatable bonds is 10. The lowest BCUT2D eigenvalue weighted by molar-refractivity contribution is 0.0953. The standard InChI is InChI=1S/C18H23N3O4S/c1-25-13-12-19-10-11-20-18(22)15-6-5-7-16(14-15)21-26(23,24)17-8-3-2-4-9-17/h2-9,14,19,21H,10-13H2,1H3,(H,20,22). The second-order valence-electron chi connectivity index (χ2n) is 5.50. The quantitative estimate of drug-likeness (QED) is 0.545. The number of hydrogen-bond donors (Lipinski definition) is 3. The smallest absolute Gasteiger partial charge is 0.261 e. The van der Waals surface area contributed by atoms with Crippen LogP contribution in [0.15, 0.2) is 59.5 Å². The van der Waals surface area contributed by atoms with Crippen molar-refractivity contribution in [1.29, 1.82) is 0 Å². The predicted molar refractivity (Wildman–Crippen MR) is 101 cm³/mol. The van der Waals surface area contributed by atoms with Crippen molar-refractivity contribution >= 4 is 21.6 Å². The van der Waals surface area contributed by atoms with Gasteiger partial charge in [0.25, 0.3) is 15.9 Å². The van der Waals surface area contributed by atoms with E-state index in [1.807, 2.05) is 0 Å². The highest BCUT2D eigenvalue weighted by Gasteiger charge is 2.14. The molecule has 0 aliphatic carbocycles. The Bertz CT molecular complexity index is 810. The van der Waals surface area contributed by atoms with Gasteiger partial charge in [0.05, 0.1) is 11.5 Å². The largest absolute Gasteiger partial charge is 0.383 e. The Morgan fingerprint density at radius 3 is 2.50 bits per heavy atom. The minimum Gasteiger partial charge on any atom is -0.383 e. The Kier molecular flexibility index (Phi) is 7.58. The molecular formula is C18H23N3O4S. The van der Waals surface area contributed by atoms with Crippen LogP contribution in [0.2, 0.25) is 0 Å². The average molecular weight is 377 g/mol. The van der Waals surface area contributed by atoms with Crippen LogP contribution >= 0.6 is 0 Å². The molecule has 3 N–H and O–H groups in total. The highest BCUT2D eigenvalue weighted by molar-refractivity contribution is 7.92. The van der Waals surface area contributed by atoms with Crippen LogP contribution in [0.3, 0.4) is 0 Å². The number of carbonyl (C=O) groups excluding carboxylic acids is 1. The molecule has 8 heteroatoms. The van der Waals surface area contributed by atoms with Gasteiger partial charge in [-0.05, 0) is 30.3 Å². The normalized spacial score (nSPS) is 11.1. The maximum absolute atomic E-state index is 12.3. The molecule has 0 aliphatic rings. The molecule has 7 nitrogen and oxygen atoms in total. The molecule has 0 atom stereocenters. The monoisotopic (exact) mass is 377 g/mol. The average Bonchev–Trinajstić information content (AvgIpc) is 2.65. The summed E-state index contributed by atoms with van der Waals surface area (Å²) in [6.45, 7) is 2.40. The number of sulfonamides is 1. The van der Waals surface area contributed by atoms with Crippen molar-refractivity contribution in [2.45, 2.75) is 4.90 Å². The van der Waals surface area contributed by atoms with Crippen LogP contribution in [0.4, 0.5) is 5.69 Å². The van der Waals surface area contributed by atoms with Gasteiger partial charge < -0.3 is 15.4 Å². The number of hydrogen-bond acceptors (Lipinski definition) is 5. The Hall–Kier alpha value is -2.42. The lowest BCUT2D eigenvalue weighted by Crippen LogP contribution is -2.33. The SMILES string of the molecule is COCCNCCNC(=O)c1cccc(NS(=O)(=O)c2ccccc2)c1. The molecule has 1 amide bonds. The van der Waals surface area contributed by atoms with Crippen molar-refractivity contribution in [3.05, 3.63) is 60.2 Å². The summed E-state index contributed by atoms with van der Waals surface area (Å²) in [7, 11) is -2.06. The molecule has 0 bridgehead atoms. The third-order valence-electron chi connectivity index (χ3n) is 3.50. The first kappa shape index (κ1) is 19.9. The number of ether oxygens (including phenoxy) is 1. The van der Waals surface area contributed by atoms with Crippen molar-refractivity contribution in [3.63, 3.8) is 0 Å². The molecule has 0 aliphatic heterocycles. The van der Waals surface area contributed by atoms with Gasteiger partial charge in [-0.3, -0.25) is 9.52 Å². The van der Waals surface area contributed by atoms with E-state index in [0.717, 1.165) is 0 Å². The van der Waals surface area contributed by atoms with Crippen molar-refractivity contribution in [2.75, 3.05) is 38.1 Å². The van der Waals surface area contributed by atoms with E-state index in [-0.39, 0.29) is 10.8 Å².